The van der Waals surface area contributed by atoms with Crippen LogP contribution in [0, 0.1) is 0 Å². The third-order valence-electron chi connectivity index (χ3n) is 3.69. The zero-order chi connectivity index (χ0) is 19.1. The van der Waals surface area contributed by atoms with Crippen molar-refractivity contribution >= 4 is 29.2 Å². The molecule has 2 amide bonds. The van der Waals surface area contributed by atoms with Crippen molar-refractivity contribution in [2.24, 2.45) is 0 Å². The highest BCUT2D eigenvalue weighted by Gasteiger charge is 2.16. The molecule has 0 saturated heterocycles. The number of hydrogen-bond acceptors (Lipinski definition) is 4. The van der Waals surface area contributed by atoms with E-state index in [9.17, 15) is 14.4 Å². The summed E-state index contributed by atoms with van der Waals surface area (Å²) in [5.41, 5.74) is 2.35. The van der Waals surface area contributed by atoms with Crippen molar-refractivity contribution in [1.29, 1.82) is 0 Å². The first kappa shape index (κ1) is 19.2. The number of carbonyl (C=O) groups is 3. The van der Waals surface area contributed by atoms with E-state index in [4.69, 9.17) is 4.74 Å². The monoisotopic (exact) mass is 354 g/mol. The number of amides is 2. The number of benzene rings is 2. The first-order valence-electron chi connectivity index (χ1n) is 8.40. The van der Waals surface area contributed by atoms with E-state index in [-0.39, 0.29) is 12.5 Å². The molecule has 0 spiro atoms. The molecule has 0 heterocycles. The van der Waals surface area contributed by atoms with Gasteiger partial charge < -0.3 is 15.4 Å². The summed E-state index contributed by atoms with van der Waals surface area (Å²) in [5, 5.41) is 5.14. The second-order valence-corrected chi connectivity index (χ2v) is 5.95. The molecule has 0 aliphatic heterocycles. The molecule has 0 radical (unpaired) electrons. The van der Waals surface area contributed by atoms with Gasteiger partial charge in [0.25, 0.3) is 0 Å². The van der Waals surface area contributed by atoms with Crippen molar-refractivity contribution in [2.75, 3.05) is 17.2 Å². The fourth-order valence-electron chi connectivity index (χ4n) is 2.39. The van der Waals surface area contributed by atoms with Gasteiger partial charge in [-0.1, -0.05) is 32.0 Å². The zero-order valence-electron chi connectivity index (χ0n) is 15.0. The Labute approximate surface area is 152 Å². The minimum absolute atomic E-state index is 0.213. The van der Waals surface area contributed by atoms with Crippen LogP contribution in [0.25, 0.3) is 0 Å². The smallest absolute Gasteiger partial charge is 0.338 e. The summed E-state index contributed by atoms with van der Waals surface area (Å²) in [6.45, 7) is 6.03. The topological polar surface area (TPSA) is 84.5 Å². The van der Waals surface area contributed by atoms with Crippen LogP contribution in [0.1, 0.15) is 42.6 Å². The minimum Gasteiger partial charge on any atom is -0.462 e. The number of para-hydroxylation sites is 1. The van der Waals surface area contributed by atoms with Gasteiger partial charge in [-0.15, -0.1) is 0 Å². The third kappa shape index (κ3) is 4.92. The van der Waals surface area contributed by atoms with Crippen molar-refractivity contribution in [1.82, 2.24) is 0 Å². The number of carbonyl (C=O) groups excluding carboxylic acids is 3. The van der Waals surface area contributed by atoms with Gasteiger partial charge in [-0.3, -0.25) is 9.59 Å². The van der Waals surface area contributed by atoms with E-state index in [2.05, 4.69) is 10.6 Å². The van der Waals surface area contributed by atoms with Crippen LogP contribution in [-0.4, -0.2) is 24.4 Å². The quantitative estimate of drug-likeness (QED) is 0.635. The number of anilines is 2. The number of ether oxygens (including phenoxy) is 1. The van der Waals surface area contributed by atoms with E-state index in [0.29, 0.717) is 16.9 Å². The van der Waals surface area contributed by atoms with E-state index in [1.165, 1.54) is 12.1 Å². The molecule has 0 fully saturated rings. The molecule has 0 aliphatic rings. The van der Waals surface area contributed by atoms with Crippen molar-refractivity contribution in [2.45, 2.75) is 26.7 Å². The van der Waals surface area contributed by atoms with Crippen LogP contribution in [0.5, 0.6) is 0 Å². The van der Waals surface area contributed by atoms with Gasteiger partial charge in [0.05, 0.1) is 12.2 Å². The van der Waals surface area contributed by atoms with Gasteiger partial charge in [0.1, 0.15) is 0 Å². The number of rotatable bonds is 5. The Morgan fingerprint density at radius 2 is 1.54 bits per heavy atom. The Kier molecular flexibility index (Phi) is 6.49. The lowest BCUT2D eigenvalue weighted by molar-refractivity contribution is -0.133. The van der Waals surface area contributed by atoms with Crippen LogP contribution in [0.4, 0.5) is 11.4 Å². The van der Waals surface area contributed by atoms with E-state index in [1.807, 2.05) is 26.0 Å². The van der Waals surface area contributed by atoms with E-state index >= 15 is 0 Å². The molecular formula is C20H22N2O4. The summed E-state index contributed by atoms with van der Waals surface area (Å²) >= 11 is 0. The fourth-order valence-corrected chi connectivity index (χ4v) is 2.39. The van der Waals surface area contributed by atoms with Gasteiger partial charge in [-0.05, 0) is 48.7 Å². The standard InChI is InChI=1S/C20H22N2O4/c1-4-26-20(25)14-9-11-15(12-10-14)21-18(23)19(24)22-17-8-6-5-7-16(17)13(2)3/h5-13H,4H2,1-3H3,(H,21,23)(H,22,24). The van der Waals surface area contributed by atoms with Crippen LogP contribution < -0.4 is 10.6 Å². The Balaban J connectivity index is 2.01. The van der Waals surface area contributed by atoms with Gasteiger partial charge in [0.15, 0.2) is 0 Å². The molecule has 2 aromatic carbocycles. The molecule has 0 atom stereocenters. The molecule has 0 aromatic heterocycles. The third-order valence-corrected chi connectivity index (χ3v) is 3.69. The molecule has 0 bridgehead atoms. The maximum absolute atomic E-state index is 12.2. The average Bonchev–Trinajstić information content (AvgIpc) is 2.62. The highest BCUT2D eigenvalue weighted by Crippen LogP contribution is 2.23. The molecule has 2 N–H and O–H groups in total. The summed E-state index contributed by atoms with van der Waals surface area (Å²) < 4.78 is 4.89. The fraction of sp³-hybridized carbons (Fsp3) is 0.250. The highest BCUT2D eigenvalue weighted by molar-refractivity contribution is 6.43. The molecule has 0 unspecified atom stereocenters. The molecule has 6 heteroatoms. The zero-order valence-corrected chi connectivity index (χ0v) is 15.0. The minimum atomic E-state index is -0.785. The van der Waals surface area contributed by atoms with Gasteiger partial charge in [0.2, 0.25) is 0 Å². The van der Waals surface area contributed by atoms with E-state index < -0.39 is 17.8 Å². The lowest BCUT2D eigenvalue weighted by Gasteiger charge is -2.13. The molecule has 6 nitrogen and oxygen atoms in total. The summed E-state index contributed by atoms with van der Waals surface area (Å²) in [5.74, 6) is -1.77. The summed E-state index contributed by atoms with van der Waals surface area (Å²) in [7, 11) is 0. The Hall–Kier alpha value is -3.15. The Morgan fingerprint density at radius 3 is 2.15 bits per heavy atom. The largest absolute Gasteiger partial charge is 0.462 e. The maximum atomic E-state index is 12.2. The van der Waals surface area contributed by atoms with Gasteiger partial charge in [-0.25, -0.2) is 4.79 Å². The molecule has 136 valence electrons. The maximum Gasteiger partial charge on any atom is 0.338 e. The van der Waals surface area contributed by atoms with Crippen molar-refractivity contribution in [3.63, 3.8) is 0 Å². The normalized spacial score (nSPS) is 10.3. The van der Waals surface area contributed by atoms with Gasteiger partial charge in [0, 0.05) is 11.4 Å². The lowest BCUT2D eigenvalue weighted by atomic mass is 10.0. The molecule has 26 heavy (non-hydrogen) atoms. The van der Waals surface area contributed by atoms with Crippen LogP contribution in [0.2, 0.25) is 0 Å². The molecule has 0 aliphatic carbocycles. The van der Waals surface area contributed by atoms with E-state index in [0.717, 1.165) is 5.56 Å². The Bertz CT molecular complexity index is 798. The summed E-state index contributed by atoms with van der Waals surface area (Å²) in [6, 6.07) is 13.5. The van der Waals surface area contributed by atoms with Crippen molar-refractivity contribution < 1.29 is 19.1 Å². The van der Waals surface area contributed by atoms with Crippen LogP contribution in [0.15, 0.2) is 48.5 Å². The van der Waals surface area contributed by atoms with Crippen LogP contribution in [-0.2, 0) is 14.3 Å². The predicted molar refractivity (Wildman–Crippen MR) is 100 cm³/mol. The van der Waals surface area contributed by atoms with Crippen LogP contribution in [0.3, 0.4) is 0 Å². The first-order valence-corrected chi connectivity index (χ1v) is 8.40. The number of nitrogens with one attached hydrogen (secondary N) is 2. The lowest BCUT2D eigenvalue weighted by Crippen LogP contribution is -2.29. The number of esters is 1. The second kappa shape index (κ2) is 8.80. The average molecular weight is 354 g/mol. The van der Waals surface area contributed by atoms with E-state index in [1.54, 1.807) is 31.2 Å². The SMILES string of the molecule is CCOC(=O)c1ccc(NC(=O)C(=O)Nc2ccccc2C(C)C)cc1. The molecule has 2 aromatic rings. The molecular weight excluding hydrogens is 332 g/mol. The first-order chi connectivity index (χ1) is 12.4. The molecule has 2 rings (SSSR count). The van der Waals surface area contributed by atoms with Crippen molar-refractivity contribution in [3.8, 4) is 0 Å². The predicted octanol–water partition coefficient (Wildman–Crippen LogP) is 3.56. The molecule has 0 saturated carbocycles. The highest BCUT2D eigenvalue weighted by atomic mass is 16.5. The summed E-state index contributed by atoms with van der Waals surface area (Å²) in [4.78, 5) is 35.9. The van der Waals surface area contributed by atoms with Gasteiger partial charge in [-0.2, -0.15) is 0 Å². The van der Waals surface area contributed by atoms with Gasteiger partial charge >= 0.3 is 17.8 Å². The second-order valence-electron chi connectivity index (χ2n) is 5.95. The Morgan fingerprint density at radius 1 is 0.923 bits per heavy atom. The summed E-state index contributed by atoms with van der Waals surface area (Å²) in [6.07, 6.45) is 0. The van der Waals surface area contributed by atoms with Crippen LogP contribution >= 0.6 is 0 Å². The number of hydrogen-bond donors (Lipinski definition) is 2. The van der Waals surface area contributed by atoms with Crippen molar-refractivity contribution in [3.05, 3.63) is 59.7 Å².